The van der Waals surface area contributed by atoms with Crippen LogP contribution in [0.2, 0.25) is 0 Å². The Labute approximate surface area is 160 Å². The van der Waals surface area contributed by atoms with E-state index < -0.39 is 0 Å². The molecule has 0 aromatic heterocycles. The van der Waals surface area contributed by atoms with E-state index in [9.17, 15) is 9.59 Å². The second-order valence-corrected chi connectivity index (χ2v) is 7.06. The Balaban J connectivity index is 1.64. The maximum atomic E-state index is 12.9. The summed E-state index contributed by atoms with van der Waals surface area (Å²) >= 11 is 0. The largest absolute Gasteiger partial charge is 0.497 e. The van der Waals surface area contributed by atoms with Crippen molar-refractivity contribution in [3.63, 3.8) is 0 Å². The fourth-order valence-electron chi connectivity index (χ4n) is 3.98. The van der Waals surface area contributed by atoms with E-state index in [4.69, 9.17) is 9.47 Å². The first-order chi connectivity index (χ1) is 13.1. The summed E-state index contributed by atoms with van der Waals surface area (Å²) in [5.41, 5.74) is 2.83. The molecule has 6 nitrogen and oxygen atoms in total. The summed E-state index contributed by atoms with van der Waals surface area (Å²) in [6, 6.07) is 7.75. The molecule has 0 spiro atoms. The maximum Gasteiger partial charge on any atom is 0.250 e. The number of carbonyl (C=O) groups is 2. The van der Waals surface area contributed by atoms with Gasteiger partial charge in [-0.1, -0.05) is 18.6 Å². The third-order valence-corrected chi connectivity index (χ3v) is 5.36. The van der Waals surface area contributed by atoms with Crippen molar-refractivity contribution in [2.45, 2.75) is 44.7 Å². The molecule has 1 aromatic carbocycles. The second kappa shape index (κ2) is 9.04. The summed E-state index contributed by atoms with van der Waals surface area (Å²) < 4.78 is 10.4. The summed E-state index contributed by atoms with van der Waals surface area (Å²) in [4.78, 5) is 27.3. The molecular weight excluding hydrogens is 344 g/mol. The van der Waals surface area contributed by atoms with Crippen molar-refractivity contribution in [3.8, 4) is 5.75 Å². The Bertz CT molecular complexity index is 729. The first kappa shape index (κ1) is 19.4. The van der Waals surface area contributed by atoms with E-state index in [2.05, 4.69) is 5.32 Å². The van der Waals surface area contributed by atoms with Crippen LogP contribution in [0.15, 0.2) is 35.4 Å². The van der Waals surface area contributed by atoms with Crippen LogP contribution in [0.4, 0.5) is 0 Å². The molecule has 0 saturated heterocycles. The predicted octanol–water partition coefficient (Wildman–Crippen LogP) is 2.43. The zero-order chi connectivity index (χ0) is 19.2. The number of carbonyl (C=O) groups excluding carboxylic acids is 2. The Morgan fingerprint density at radius 2 is 2.15 bits per heavy atom. The number of benzene rings is 1. The minimum atomic E-state index is -0.119. The monoisotopic (exact) mass is 372 g/mol. The average molecular weight is 372 g/mol. The summed E-state index contributed by atoms with van der Waals surface area (Å²) in [7, 11) is 3.26. The van der Waals surface area contributed by atoms with Crippen molar-refractivity contribution >= 4 is 11.8 Å². The lowest BCUT2D eigenvalue weighted by molar-refractivity contribution is -0.129. The normalized spacial score (nSPS) is 19.3. The zero-order valence-corrected chi connectivity index (χ0v) is 16.1. The standard InChI is InChI=1S/C21H28N2O4/c1-26-11-10-23-19-9-4-3-8-17(19)18(21(23)25)13-20(24)22-14-15-6-5-7-16(12-15)27-2/h5-7,12,19H,3-4,8-11,13-14H2,1-2H3,(H,22,24). The number of ether oxygens (including phenoxy) is 2. The van der Waals surface area contributed by atoms with Crippen molar-refractivity contribution in [3.05, 3.63) is 41.0 Å². The number of nitrogens with one attached hydrogen (secondary N) is 1. The molecule has 2 amide bonds. The summed E-state index contributed by atoms with van der Waals surface area (Å²) in [6.45, 7) is 1.52. The third kappa shape index (κ3) is 4.50. The van der Waals surface area contributed by atoms with Crippen LogP contribution >= 0.6 is 0 Å². The molecule has 1 N–H and O–H groups in total. The highest BCUT2D eigenvalue weighted by molar-refractivity contribution is 6.02. The molecule has 0 radical (unpaired) electrons. The van der Waals surface area contributed by atoms with Gasteiger partial charge in [-0.3, -0.25) is 9.59 Å². The van der Waals surface area contributed by atoms with Crippen LogP contribution in [0.25, 0.3) is 0 Å². The van der Waals surface area contributed by atoms with Gasteiger partial charge in [0.1, 0.15) is 5.75 Å². The van der Waals surface area contributed by atoms with Crippen molar-refractivity contribution in [1.82, 2.24) is 10.2 Å². The molecule has 146 valence electrons. The van der Waals surface area contributed by atoms with Gasteiger partial charge in [0.05, 0.1) is 26.2 Å². The highest BCUT2D eigenvalue weighted by atomic mass is 16.5. The summed E-state index contributed by atoms with van der Waals surface area (Å²) in [6.07, 6.45) is 4.27. The van der Waals surface area contributed by atoms with Crippen LogP contribution in [0.5, 0.6) is 5.75 Å². The average Bonchev–Trinajstić information content (AvgIpc) is 2.96. The molecule has 1 aliphatic carbocycles. The molecule has 2 aliphatic rings. The SMILES string of the molecule is COCCN1C(=O)C(CC(=O)NCc2cccc(OC)c2)=C2CCCCC21. The van der Waals surface area contributed by atoms with Crippen LogP contribution in [0.3, 0.4) is 0 Å². The minimum absolute atomic E-state index is 0.00507. The van der Waals surface area contributed by atoms with E-state index in [1.807, 2.05) is 29.2 Å². The Morgan fingerprint density at radius 1 is 1.30 bits per heavy atom. The molecule has 3 rings (SSSR count). The van der Waals surface area contributed by atoms with Crippen molar-refractivity contribution in [2.75, 3.05) is 27.4 Å². The molecule has 1 atom stereocenters. The molecule has 1 saturated carbocycles. The zero-order valence-electron chi connectivity index (χ0n) is 16.1. The first-order valence-electron chi connectivity index (χ1n) is 9.55. The highest BCUT2D eigenvalue weighted by Crippen LogP contribution is 2.37. The first-order valence-corrected chi connectivity index (χ1v) is 9.55. The lowest BCUT2D eigenvalue weighted by Crippen LogP contribution is -2.39. The number of amides is 2. The lowest BCUT2D eigenvalue weighted by Gasteiger charge is -2.29. The molecule has 1 fully saturated rings. The smallest absolute Gasteiger partial charge is 0.250 e. The van der Waals surface area contributed by atoms with Gasteiger partial charge < -0.3 is 19.7 Å². The number of fused-ring (bicyclic) bond motifs is 1. The molecule has 0 bridgehead atoms. The van der Waals surface area contributed by atoms with Crippen molar-refractivity contribution in [1.29, 1.82) is 0 Å². The lowest BCUT2D eigenvalue weighted by atomic mass is 9.88. The van der Waals surface area contributed by atoms with Crippen LogP contribution in [-0.4, -0.2) is 50.1 Å². The number of rotatable bonds is 8. The molecule has 1 unspecified atom stereocenters. The van der Waals surface area contributed by atoms with Crippen LogP contribution in [0.1, 0.15) is 37.7 Å². The van der Waals surface area contributed by atoms with E-state index in [-0.39, 0.29) is 24.3 Å². The Morgan fingerprint density at radius 3 is 2.93 bits per heavy atom. The quantitative estimate of drug-likeness (QED) is 0.761. The number of hydrogen-bond donors (Lipinski definition) is 1. The van der Waals surface area contributed by atoms with E-state index >= 15 is 0 Å². The molecular formula is C21H28N2O4. The Kier molecular flexibility index (Phi) is 6.50. The van der Waals surface area contributed by atoms with Crippen molar-refractivity contribution in [2.24, 2.45) is 0 Å². The van der Waals surface area contributed by atoms with Gasteiger partial charge in [-0.2, -0.15) is 0 Å². The second-order valence-electron chi connectivity index (χ2n) is 7.06. The molecule has 6 heteroatoms. The number of nitrogens with zero attached hydrogens (tertiary/aromatic N) is 1. The van der Waals surface area contributed by atoms with Crippen molar-refractivity contribution < 1.29 is 19.1 Å². The molecule has 27 heavy (non-hydrogen) atoms. The predicted molar refractivity (Wildman–Crippen MR) is 102 cm³/mol. The summed E-state index contributed by atoms with van der Waals surface area (Å²) in [5.74, 6) is 0.647. The van der Waals surface area contributed by atoms with Crippen LogP contribution in [-0.2, 0) is 20.9 Å². The van der Waals surface area contributed by atoms with E-state index in [1.165, 1.54) is 5.57 Å². The Hall–Kier alpha value is -2.34. The topological polar surface area (TPSA) is 67.9 Å². The molecule has 1 heterocycles. The van der Waals surface area contributed by atoms with Gasteiger partial charge >= 0.3 is 0 Å². The summed E-state index contributed by atoms with van der Waals surface area (Å²) in [5, 5.41) is 2.93. The van der Waals surface area contributed by atoms with E-state index in [1.54, 1.807) is 14.2 Å². The van der Waals surface area contributed by atoms with Crippen LogP contribution in [0, 0.1) is 0 Å². The third-order valence-electron chi connectivity index (χ3n) is 5.36. The van der Waals surface area contributed by atoms with Gasteiger partial charge in [0.2, 0.25) is 5.91 Å². The fourth-order valence-corrected chi connectivity index (χ4v) is 3.98. The van der Waals surface area contributed by atoms with E-state index in [0.29, 0.717) is 25.3 Å². The molecule has 1 aromatic rings. The van der Waals surface area contributed by atoms with Crippen LogP contribution < -0.4 is 10.1 Å². The van der Waals surface area contributed by atoms with Gasteiger partial charge in [-0.25, -0.2) is 0 Å². The fraction of sp³-hybridized carbons (Fsp3) is 0.524. The maximum absolute atomic E-state index is 12.9. The number of hydrogen-bond acceptors (Lipinski definition) is 4. The number of methoxy groups -OCH3 is 2. The minimum Gasteiger partial charge on any atom is -0.497 e. The van der Waals surface area contributed by atoms with Gasteiger partial charge in [0, 0.05) is 25.8 Å². The van der Waals surface area contributed by atoms with Gasteiger partial charge in [-0.15, -0.1) is 0 Å². The van der Waals surface area contributed by atoms with E-state index in [0.717, 1.165) is 37.0 Å². The molecule has 1 aliphatic heterocycles. The van der Waals surface area contributed by atoms with Gasteiger partial charge in [0.25, 0.3) is 5.91 Å². The highest BCUT2D eigenvalue weighted by Gasteiger charge is 2.39. The van der Waals surface area contributed by atoms with Gasteiger partial charge in [-0.05, 0) is 42.5 Å². The van der Waals surface area contributed by atoms with Gasteiger partial charge in [0.15, 0.2) is 0 Å².